The van der Waals surface area contributed by atoms with Crippen LogP contribution >= 0.6 is 11.8 Å². The number of pyridine rings is 2. The molecule has 1 atom stereocenters. The highest BCUT2D eigenvalue weighted by Crippen LogP contribution is 2.43. The quantitative estimate of drug-likeness (QED) is 0.597. The molecule has 0 N–H and O–H groups in total. The lowest BCUT2D eigenvalue weighted by Crippen LogP contribution is -2.39. The predicted octanol–water partition coefficient (Wildman–Crippen LogP) is 4.56. The average Bonchev–Trinajstić information content (AvgIpc) is 2.97. The van der Waals surface area contributed by atoms with Gasteiger partial charge in [0.1, 0.15) is 5.56 Å². The largest absolute Gasteiger partial charge is 0.338 e. The summed E-state index contributed by atoms with van der Waals surface area (Å²) in [5, 5.41) is 0.0187. The number of thioether (sulfide) groups is 1. The maximum absolute atomic E-state index is 13.6. The Morgan fingerprint density at radius 2 is 1.84 bits per heavy atom. The summed E-state index contributed by atoms with van der Waals surface area (Å²) < 4.78 is 2.11. The minimum absolute atomic E-state index is 0.0187. The van der Waals surface area contributed by atoms with Crippen molar-refractivity contribution in [1.29, 1.82) is 0 Å². The first-order valence-corrected chi connectivity index (χ1v) is 11.7. The summed E-state index contributed by atoms with van der Waals surface area (Å²) in [4.78, 5) is 34.3. The standard InChI is InChI=1S/C25H25N3O2S/c1-17-15-21(29)24(25(30)27-13-7-2-8-14-27)20-16-23(18-9-5-6-12-26-18)31-22-11-4-3-10-19(22)28(17)20/h3-6,9-12,15,23H,2,7-8,13-14,16H2,1H3. The van der Waals surface area contributed by atoms with E-state index >= 15 is 0 Å². The number of piperidine rings is 1. The number of carbonyl (C=O) groups excluding carboxylic acids is 1. The van der Waals surface area contributed by atoms with Crippen molar-refractivity contribution in [1.82, 2.24) is 14.5 Å². The van der Waals surface area contributed by atoms with Gasteiger partial charge in [-0.15, -0.1) is 11.8 Å². The van der Waals surface area contributed by atoms with Crippen LogP contribution in [0.25, 0.3) is 5.69 Å². The van der Waals surface area contributed by atoms with Crippen LogP contribution in [-0.2, 0) is 6.42 Å². The number of likely N-dealkylation sites (tertiary alicyclic amines) is 1. The second-order valence-corrected chi connectivity index (χ2v) is 9.44. The maximum Gasteiger partial charge on any atom is 0.259 e. The Kier molecular flexibility index (Phi) is 5.40. The van der Waals surface area contributed by atoms with Crippen LogP contribution in [0.4, 0.5) is 0 Å². The third-order valence-corrected chi connectivity index (χ3v) is 7.42. The predicted molar refractivity (Wildman–Crippen MR) is 123 cm³/mol. The number of nitrogens with zero attached hydrogens (tertiary/aromatic N) is 3. The van der Waals surface area contributed by atoms with Crippen LogP contribution in [0.3, 0.4) is 0 Å². The Hall–Kier alpha value is -2.86. The molecular formula is C25H25N3O2S. The van der Waals surface area contributed by atoms with Crippen LogP contribution in [0, 0.1) is 6.92 Å². The van der Waals surface area contributed by atoms with Gasteiger partial charge < -0.3 is 9.47 Å². The molecule has 1 fully saturated rings. The topological polar surface area (TPSA) is 55.2 Å². The van der Waals surface area contributed by atoms with Gasteiger partial charge in [-0.2, -0.15) is 0 Å². The molecule has 2 aliphatic heterocycles. The first-order chi connectivity index (χ1) is 15.1. The molecule has 5 rings (SSSR count). The van der Waals surface area contributed by atoms with Gasteiger partial charge in [0.2, 0.25) is 0 Å². The molecule has 5 nitrogen and oxygen atoms in total. The van der Waals surface area contributed by atoms with Crippen molar-refractivity contribution in [3.05, 3.63) is 87.6 Å². The zero-order chi connectivity index (χ0) is 21.4. The highest BCUT2D eigenvalue weighted by molar-refractivity contribution is 7.99. The van der Waals surface area contributed by atoms with E-state index in [1.54, 1.807) is 24.0 Å². The first kappa shape index (κ1) is 20.1. The smallest absolute Gasteiger partial charge is 0.259 e. The Morgan fingerprint density at radius 1 is 1.06 bits per heavy atom. The Labute approximate surface area is 186 Å². The van der Waals surface area contributed by atoms with Gasteiger partial charge in [-0.1, -0.05) is 18.2 Å². The number of aromatic nitrogens is 2. The van der Waals surface area contributed by atoms with E-state index in [-0.39, 0.29) is 16.6 Å². The maximum atomic E-state index is 13.6. The van der Waals surface area contributed by atoms with E-state index in [0.717, 1.165) is 60.0 Å². The van der Waals surface area contributed by atoms with Gasteiger partial charge in [0.05, 0.1) is 16.6 Å². The lowest BCUT2D eigenvalue weighted by atomic mass is 10.0. The summed E-state index contributed by atoms with van der Waals surface area (Å²) in [5.74, 6) is -0.127. The van der Waals surface area contributed by atoms with E-state index in [1.807, 2.05) is 42.2 Å². The summed E-state index contributed by atoms with van der Waals surface area (Å²) in [5.41, 5.74) is 3.78. The molecule has 0 aliphatic carbocycles. The fraction of sp³-hybridized carbons (Fsp3) is 0.320. The van der Waals surface area contributed by atoms with Gasteiger partial charge >= 0.3 is 0 Å². The fourth-order valence-electron chi connectivity index (χ4n) is 4.65. The fourth-order valence-corrected chi connectivity index (χ4v) is 5.89. The second-order valence-electron chi connectivity index (χ2n) is 8.19. The molecule has 1 amide bonds. The van der Waals surface area contributed by atoms with E-state index < -0.39 is 0 Å². The average molecular weight is 432 g/mol. The number of benzene rings is 1. The molecule has 1 saturated heterocycles. The van der Waals surface area contributed by atoms with Crippen LogP contribution in [0.1, 0.15) is 52.0 Å². The van der Waals surface area contributed by atoms with Crippen molar-refractivity contribution in [2.75, 3.05) is 13.1 Å². The highest BCUT2D eigenvalue weighted by atomic mass is 32.2. The Balaban J connectivity index is 1.72. The number of hydrogen-bond acceptors (Lipinski definition) is 4. The number of carbonyl (C=O) groups is 1. The molecule has 0 bridgehead atoms. The van der Waals surface area contributed by atoms with Crippen LogP contribution in [-0.4, -0.2) is 33.4 Å². The van der Waals surface area contributed by atoms with E-state index in [9.17, 15) is 9.59 Å². The lowest BCUT2D eigenvalue weighted by molar-refractivity contribution is 0.0721. The minimum Gasteiger partial charge on any atom is -0.338 e. The van der Waals surface area contributed by atoms with Crippen LogP contribution in [0.5, 0.6) is 0 Å². The van der Waals surface area contributed by atoms with Gasteiger partial charge in [0.25, 0.3) is 5.91 Å². The zero-order valence-electron chi connectivity index (χ0n) is 17.6. The first-order valence-electron chi connectivity index (χ1n) is 10.9. The summed E-state index contributed by atoms with van der Waals surface area (Å²) in [7, 11) is 0. The van der Waals surface area contributed by atoms with Gasteiger partial charge in [-0.05, 0) is 50.5 Å². The third kappa shape index (κ3) is 3.69. The summed E-state index contributed by atoms with van der Waals surface area (Å²) >= 11 is 1.75. The van der Waals surface area contributed by atoms with Crippen LogP contribution in [0.15, 0.2) is 64.4 Å². The molecule has 0 saturated carbocycles. The van der Waals surface area contributed by atoms with Crippen molar-refractivity contribution in [2.24, 2.45) is 0 Å². The van der Waals surface area contributed by atoms with Crippen molar-refractivity contribution in [3.8, 4) is 5.69 Å². The normalized spacial score (nSPS) is 18.1. The SMILES string of the molecule is Cc1cc(=O)c(C(=O)N2CCCCC2)c2n1-c1ccccc1SC(c1ccccn1)C2. The third-order valence-electron chi connectivity index (χ3n) is 6.13. The van der Waals surface area contributed by atoms with E-state index in [4.69, 9.17) is 0 Å². The number of aryl methyl sites for hydroxylation is 1. The molecule has 1 aromatic carbocycles. The number of para-hydroxylation sites is 1. The number of amides is 1. The van der Waals surface area contributed by atoms with Crippen LogP contribution in [0.2, 0.25) is 0 Å². The molecule has 6 heteroatoms. The number of hydrogen-bond donors (Lipinski definition) is 0. The Morgan fingerprint density at radius 3 is 2.61 bits per heavy atom. The molecular weight excluding hydrogens is 406 g/mol. The van der Waals surface area contributed by atoms with Crippen molar-refractivity contribution in [3.63, 3.8) is 0 Å². The molecule has 158 valence electrons. The molecule has 4 heterocycles. The summed E-state index contributed by atoms with van der Waals surface area (Å²) in [6.45, 7) is 3.39. The monoisotopic (exact) mass is 431 g/mol. The molecule has 0 spiro atoms. The van der Waals surface area contributed by atoms with Gasteiger partial charge in [-0.3, -0.25) is 14.6 Å². The number of rotatable bonds is 2. The summed E-state index contributed by atoms with van der Waals surface area (Å²) in [6, 6.07) is 15.8. The zero-order valence-corrected chi connectivity index (χ0v) is 18.4. The van der Waals surface area contributed by atoms with Gasteiger partial charge in [-0.25, -0.2) is 0 Å². The van der Waals surface area contributed by atoms with E-state index in [2.05, 4.69) is 21.7 Å². The van der Waals surface area contributed by atoms with Crippen molar-refractivity contribution >= 4 is 17.7 Å². The molecule has 2 aromatic heterocycles. The van der Waals surface area contributed by atoms with Crippen molar-refractivity contribution < 1.29 is 4.79 Å². The van der Waals surface area contributed by atoms with Crippen LogP contribution < -0.4 is 5.43 Å². The molecule has 1 unspecified atom stereocenters. The minimum atomic E-state index is -0.177. The molecule has 3 aromatic rings. The molecule has 2 aliphatic rings. The van der Waals surface area contributed by atoms with Crippen molar-refractivity contribution in [2.45, 2.75) is 42.8 Å². The lowest BCUT2D eigenvalue weighted by Gasteiger charge is -2.28. The molecule has 0 radical (unpaired) electrons. The van der Waals surface area contributed by atoms with E-state index in [1.165, 1.54) is 0 Å². The Bertz CT molecular complexity index is 1180. The van der Waals surface area contributed by atoms with Gasteiger partial charge in [0, 0.05) is 48.1 Å². The summed E-state index contributed by atoms with van der Waals surface area (Å²) in [6.07, 6.45) is 5.51. The highest BCUT2D eigenvalue weighted by Gasteiger charge is 2.31. The molecule has 31 heavy (non-hydrogen) atoms. The van der Waals surface area contributed by atoms with E-state index in [0.29, 0.717) is 12.0 Å². The number of fused-ring (bicyclic) bond motifs is 3. The second kappa shape index (κ2) is 8.35. The van der Waals surface area contributed by atoms with Gasteiger partial charge in [0.15, 0.2) is 5.43 Å².